The van der Waals surface area contributed by atoms with Gasteiger partial charge in [-0.25, -0.2) is 9.69 Å². The van der Waals surface area contributed by atoms with Crippen LogP contribution in [-0.2, 0) is 9.59 Å². The van der Waals surface area contributed by atoms with Crippen molar-refractivity contribution in [1.82, 2.24) is 15.1 Å². The quantitative estimate of drug-likeness (QED) is 0.618. The largest absolute Gasteiger partial charge is 0.504 e. The molecule has 0 aromatic heterocycles. The zero-order valence-electron chi connectivity index (χ0n) is 15.2. The van der Waals surface area contributed by atoms with E-state index in [-0.39, 0.29) is 29.6 Å². The van der Waals surface area contributed by atoms with E-state index < -0.39 is 11.9 Å². The van der Waals surface area contributed by atoms with E-state index in [0.717, 1.165) is 30.6 Å². The van der Waals surface area contributed by atoms with Crippen molar-refractivity contribution < 1.29 is 24.2 Å². The minimum atomic E-state index is -0.611. The lowest BCUT2D eigenvalue weighted by Gasteiger charge is -2.22. The number of benzene rings is 1. The van der Waals surface area contributed by atoms with Crippen LogP contribution < -0.4 is 10.1 Å². The number of hydrogen-bond donors (Lipinski definition) is 2. The number of nitrogens with one attached hydrogen (secondary N) is 1. The number of carbonyl (C=O) groups excluding carboxylic acids is 3. The molecule has 8 nitrogen and oxygen atoms in total. The highest BCUT2D eigenvalue weighted by Gasteiger charge is 2.35. The molecule has 8 heteroatoms. The molecule has 2 saturated heterocycles. The van der Waals surface area contributed by atoms with Gasteiger partial charge < -0.3 is 20.1 Å². The van der Waals surface area contributed by atoms with Crippen LogP contribution in [-0.4, -0.2) is 59.5 Å². The van der Waals surface area contributed by atoms with E-state index >= 15 is 0 Å². The van der Waals surface area contributed by atoms with Crippen molar-refractivity contribution in [1.29, 1.82) is 0 Å². The molecule has 2 heterocycles. The summed E-state index contributed by atoms with van der Waals surface area (Å²) in [6, 6.07) is 3.97. The van der Waals surface area contributed by atoms with Crippen LogP contribution >= 0.6 is 0 Å². The first kappa shape index (κ1) is 18.8. The van der Waals surface area contributed by atoms with Gasteiger partial charge in [-0.05, 0) is 36.6 Å². The van der Waals surface area contributed by atoms with Crippen LogP contribution in [0.25, 0.3) is 6.08 Å². The van der Waals surface area contributed by atoms with Crippen molar-refractivity contribution in [3.8, 4) is 11.5 Å². The average Bonchev–Trinajstić information content (AvgIpc) is 2.87. The van der Waals surface area contributed by atoms with Gasteiger partial charge in [-0.3, -0.25) is 9.59 Å². The molecule has 3 rings (SSSR count). The highest BCUT2D eigenvalue weighted by molar-refractivity contribution is 6.15. The first-order valence-corrected chi connectivity index (χ1v) is 8.99. The molecule has 1 aromatic rings. The molecule has 2 N–H and O–H groups in total. The number of methoxy groups -OCH3 is 1. The fourth-order valence-corrected chi connectivity index (χ4v) is 3.22. The van der Waals surface area contributed by atoms with Gasteiger partial charge in [-0.15, -0.1) is 0 Å². The predicted molar refractivity (Wildman–Crippen MR) is 97.9 cm³/mol. The standard InChI is InChI=1S/C19H23N3O5/c1-27-16-11-13(6-7-15(16)23)10-14-18(25)22(19(26)20-14)12-17(24)21-8-4-2-3-5-9-21/h6-7,10-11,23H,2-5,8-9,12H2,1H3,(H,20,26)/b14-10-. The molecule has 0 atom stereocenters. The summed E-state index contributed by atoms with van der Waals surface area (Å²) in [6.07, 6.45) is 5.56. The predicted octanol–water partition coefficient (Wildman–Crippen LogP) is 1.70. The van der Waals surface area contributed by atoms with E-state index in [1.54, 1.807) is 17.0 Å². The second kappa shape index (κ2) is 8.11. The normalized spacial score (nSPS) is 19.2. The van der Waals surface area contributed by atoms with Gasteiger partial charge in [0.2, 0.25) is 5.91 Å². The number of nitrogens with zero attached hydrogens (tertiary/aromatic N) is 2. The van der Waals surface area contributed by atoms with E-state index in [0.29, 0.717) is 18.7 Å². The number of phenolic OH excluding ortho intramolecular Hbond substituents is 1. The zero-order chi connectivity index (χ0) is 19.4. The lowest BCUT2D eigenvalue weighted by atomic mass is 10.1. The molecule has 2 aliphatic heterocycles. The molecule has 4 amide bonds. The van der Waals surface area contributed by atoms with Gasteiger partial charge in [-0.1, -0.05) is 18.9 Å². The topological polar surface area (TPSA) is 99.2 Å². The fourth-order valence-electron chi connectivity index (χ4n) is 3.22. The van der Waals surface area contributed by atoms with Crippen molar-refractivity contribution in [2.24, 2.45) is 0 Å². The first-order valence-electron chi connectivity index (χ1n) is 8.99. The number of carbonyl (C=O) groups is 3. The van der Waals surface area contributed by atoms with Crippen LogP contribution in [0, 0.1) is 0 Å². The van der Waals surface area contributed by atoms with Gasteiger partial charge in [0.1, 0.15) is 12.2 Å². The minimum Gasteiger partial charge on any atom is -0.504 e. The lowest BCUT2D eigenvalue weighted by molar-refractivity contribution is -0.135. The Hall–Kier alpha value is -3.03. The molecule has 144 valence electrons. The highest BCUT2D eigenvalue weighted by Crippen LogP contribution is 2.27. The van der Waals surface area contributed by atoms with Crippen molar-refractivity contribution in [2.75, 3.05) is 26.7 Å². The van der Waals surface area contributed by atoms with Gasteiger partial charge in [-0.2, -0.15) is 0 Å². The zero-order valence-corrected chi connectivity index (χ0v) is 15.2. The number of imide groups is 1. The Bertz CT molecular complexity index is 782. The lowest BCUT2D eigenvalue weighted by Crippen LogP contribution is -2.43. The summed E-state index contributed by atoms with van der Waals surface area (Å²) < 4.78 is 5.04. The third-order valence-corrected chi connectivity index (χ3v) is 4.73. The first-order chi connectivity index (χ1) is 13.0. The molecule has 0 radical (unpaired) electrons. The monoisotopic (exact) mass is 373 g/mol. The number of ether oxygens (including phenoxy) is 1. The summed E-state index contributed by atoms with van der Waals surface area (Å²) >= 11 is 0. The van der Waals surface area contributed by atoms with Gasteiger partial charge >= 0.3 is 6.03 Å². The van der Waals surface area contributed by atoms with E-state index in [1.807, 2.05) is 0 Å². The number of likely N-dealkylation sites (tertiary alicyclic amines) is 1. The Kier molecular flexibility index (Phi) is 5.63. The van der Waals surface area contributed by atoms with Crippen LogP contribution in [0.4, 0.5) is 4.79 Å². The van der Waals surface area contributed by atoms with Gasteiger partial charge in [0, 0.05) is 13.1 Å². The highest BCUT2D eigenvalue weighted by atomic mass is 16.5. The van der Waals surface area contributed by atoms with Crippen molar-refractivity contribution in [3.63, 3.8) is 0 Å². The molecule has 1 aromatic carbocycles. The summed E-state index contributed by atoms with van der Waals surface area (Å²) in [4.78, 5) is 39.8. The number of hydrogen-bond acceptors (Lipinski definition) is 5. The molecule has 0 saturated carbocycles. The average molecular weight is 373 g/mol. The Morgan fingerprint density at radius 3 is 2.59 bits per heavy atom. The molecular formula is C19H23N3O5. The maximum Gasteiger partial charge on any atom is 0.329 e. The molecule has 0 spiro atoms. The minimum absolute atomic E-state index is 0.0221. The molecule has 27 heavy (non-hydrogen) atoms. The summed E-state index contributed by atoms with van der Waals surface area (Å²) in [5.41, 5.74) is 0.658. The SMILES string of the molecule is COc1cc(/C=C2\NC(=O)N(CC(=O)N3CCCCCC3)C2=O)ccc1O. The van der Waals surface area contributed by atoms with Gasteiger partial charge in [0.05, 0.1) is 7.11 Å². The van der Waals surface area contributed by atoms with E-state index in [4.69, 9.17) is 4.74 Å². The smallest absolute Gasteiger partial charge is 0.329 e. The van der Waals surface area contributed by atoms with Gasteiger partial charge in [0.25, 0.3) is 5.91 Å². The van der Waals surface area contributed by atoms with Crippen LogP contribution in [0.15, 0.2) is 23.9 Å². The Morgan fingerprint density at radius 2 is 1.93 bits per heavy atom. The Balaban J connectivity index is 1.71. The third kappa shape index (κ3) is 4.21. The third-order valence-electron chi connectivity index (χ3n) is 4.73. The van der Waals surface area contributed by atoms with Crippen LogP contribution in [0.5, 0.6) is 11.5 Å². The summed E-state index contributed by atoms with van der Waals surface area (Å²) in [6.45, 7) is 1.07. The van der Waals surface area contributed by atoms with Crippen molar-refractivity contribution in [2.45, 2.75) is 25.7 Å². The molecule has 2 fully saturated rings. The summed E-state index contributed by atoms with van der Waals surface area (Å²) in [5.74, 6) is -0.524. The second-order valence-corrected chi connectivity index (χ2v) is 6.61. The van der Waals surface area contributed by atoms with Crippen LogP contribution in [0.2, 0.25) is 0 Å². The molecule has 0 bridgehead atoms. The summed E-state index contributed by atoms with van der Waals surface area (Å²) in [7, 11) is 1.42. The van der Waals surface area contributed by atoms with E-state index in [2.05, 4.69) is 5.32 Å². The summed E-state index contributed by atoms with van der Waals surface area (Å²) in [5, 5.41) is 12.1. The van der Waals surface area contributed by atoms with E-state index in [9.17, 15) is 19.5 Å². The number of aromatic hydroxyl groups is 1. The number of urea groups is 1. The molecule has 2 aliphatic rings. The van der Waals surface area contributed by atoms with E-state index in [1.165, 1.54) is 19.3 Å². The molecular weight excluding hydrogens is 350 g/mol. The second-order valence-electron chi connectivity index (χ2n) is 6.61. The van der Waals surface area contributed by atoms with Crippen molar-refractivity contribution >= 4 is 23.9 Å². The Morgan fingerprint density at radius 1 is 1.22 bits per heavy atom. The fraction of sp³-hybridized carbons (Fsp3) is 0.421. The van der Waals surface area contributed by atoms with Crippen molar-refractivity contribution in [3.05, 3.63) is 29.5 Å². The maximum absolute atomic E-state index is 12.6. The van der Waals surface area contributed by atoms with Crippen LogP contribution in [0.1, 0.15) is 31.2 Å². The number of rotatable bonds is 4. The Labute approximate surface area is 157 Å². The molecule has 0 unspecified atom stereocenters. The number of phenols is 1. The maximum atomic E-state index is 12.6. The molecule has 0 aliphatic carbocycles. The van der Waals surface area contributed by atoms with Gasteiger partial charge in [0.15, 0.2) is 11.5 Å². The van der Waals surface area contributed by atoms with Crippen LogP contribution in [0.3, 0.4) is 0 Å². The number of amides is 4.